The van der Waals surface area contributed by atoms with E-state index in [1.807, 2.05) is 78.9 Å². The van der Waals surface area contributed by atoms with E-state index in [0.29, 0.717) is 11.3 Å². The molecule has 8 aromatic carbocycles. The van der Waals surface area contributed by atoms with Crippen molar-refractivity contribution >= 4 is 76.6 Å². The van der Waals surface area contributed by atoms with Crippen LogP contribution in [0.4, 0.5) is 0 Å². The molecular formula is C51H29N5O. The summed E-state index contributed by atoms with van der Waals surface area (Å²) in [7, 11) is 0. The minimum Gasteiger partial charge on any atom is -0.454 e. The van der Waals surface area contributed by atoms with E-state index in [4.69, 9.17) is 14.4 Å². The van der Waals surface area contributed by atoms with Gasteiger partial charge in [-0.1, -0.05) is 115 Å². The van der Waals surface area contributed by atoms with Crippen LogP contribution in [0.15, 0.2) is 180 Å². The Bertz CT molecular complexity index is 3640. The quantitative estimate of drug-likeness (QED) is 0.181. The monoisotopic (exact) mass is 727 g/mol. The first-order valence-electron chi connectivity index (χ1n) is 19.0. The molecule has 6 nitrogen and oxygen atoms in total. The van der Waals surface area contributed by atoms with Crippen molar-refractivity contribution in [2.45, 2.75) is 0 Å². The van der Waals surface area contributed by atoms with E-state index in [9.17, 15) is 5.26 Å². The molecule has 0 bridgehead atoms. The molecule has 4 heterocycles. The molecule has 0 aliphatic rings. The Morgan fingerprint density at radius 1 is 0.474 bits per heavy atom. The largest absolute Gasteiger partial charge is 0.454 e. The van der Waals surface area contributed by atoms with Gasteiger partial charge in [0, 0.05) is 54.8 Å². The van der Waals surface area contributed by atoms with Crippen LogP contribution in [0.3, 0.4) is 0 Å². The SMILES string of the molecule is N#Cc1cc(-n2c3ccccc3c3c4c5ccccc5oc4c4c(c5ccccc5n4-c4ccccc4)c32)ccc1-c1nc2ccccc2nc1-c1ccccc1. The third-order valence-electron chi connectivity index (χ3n) is 11.3. The van der Waals surface area contributed by atoms with Crippen LogP contribution in [0.5, 0.6) is 0 Å². The molecule has 57 heavy (non-hydrogen) atoms. The number of nitrogens with zero attached hydrogens (tertiary/aromatic N) is 5. The van der Waals surface area contributed by atoms with Crippen LogP contribution in [0, 0.1) is 11.3 Å². The highest BCUT2D eigenvalue weighted by Gasteiger charge is 2.28. The Hall–Kier alpha value is -8.01. The van der Waals surface area contributed by atoms with E-state index >= 15 is 0 Å². The number of furan rings is 1. The number of para-hydroxylation sites is 6. The van der Waals surface area contributed by atoms with Gasteiger partial charge in [-0.3, -0.25) is 0 Å². The van der Waals surface area contributed by atoms with Gasteiger partial charge in [0.15, 0.2) is 5.58 Å². The molecule has 0 saturated heterocycles. The zero-order valence-electron chi connectivity index (χ0n) is 30.4. The van der Waals surface area contributed by atoms with E-state index in [0.717, 1.165) is 105 Å². The fourth-order valence-corrected chi connectivity index (χ4v) is 8.95. The summed E-state index contributed by atoms with van der Waals surface area (Å²) in [6, 6.07) is 62.7. The molecule has 6 heteroatoms. The van der Waals surface area contributed by atoms with Crippen LogP contribution in [0.1, 0.15) is 5.56 Å². The number of nitriles is 1. The number of hydrogen-bond donors (Lipinski definition) is 0. The molecule has 0 N–H and O–H groups in total. The lowest BCUT2D eigenvalue weighted by molar-refractivity contribution is 0.671. The first-order valence-corrected chi connectivity index (χ1v) is 19.0. The standard InChI is InChI=1S/C51H29N5O/c52-30-32-29-34(27-28-35(32)48-47(31-15-3-1-4-16-31)53-39-22-10-11-23-40(39)54-48)56-41-24-12-7-19-36(41)44-45-38-21-9-14-26-43(38)57-51(45)50-46(49(44)56)37-20-8-13-25-42(37)55(50)33-17-5-2-6-18-33/h1-29H. The molecule has 4 aromatic heterocycles. The first kappa shape index (κ1) is 31.4. The number of fused-ring (bicyclic) bond motifs is 13. The van der Waals surface area contributed by atoms with Crippen molar-refractivity contribution < 1.29 is 4.42 Å². The van der Waals surface area contributed by atoms with Crippen molar-refractivity contribution in [3.05, 3.63) is 181 Å². The highest BCUT2D eigenvalue weighted by Crippen LogP contribution is 2.49. The molecule has 0 unspecified atom stereocenters. The predicted molar refractivity (Wildman–Crippen MR) is 231 cm³/mol. The van der Waals surface area contributed by atoms with Crippen LogP contribution in [-0.4, -0.2) is 19.1 Å². The number of benzene rings is 8. The minimum atomic E-state index is 0.512. The average molecular weight is 728 g/mol. The molecule has 0 amide bonds. The van der Waals surface area contributed by atoms with Gasteiger partial charge in [0.05, 0.1) is 56.1 Å². The van der Waals surface area contributed by atoms with Gasteiger partial charge in [-0.2, -0.15) is 5.26 Å². The van der Waals surface area contributed by atoms with Crippen LogP contribution in [-0.2, 0) is 0 Å². The van der Waals surface area contributed by atoms with Gasteiger partial charge in [-0.05, 0) is 60.7 Å². The van der Waals surface area contributed by atoms with Gasteiger partial charge in [0.25, 0.3) is 0 Å². The zero-order chi connectivity index (χ0) is 37.6. The van der Waals surface area contributed by atoms with Crippen LogP contribution >= 0.6 is 0 Å². The van der Waals surface area contributed by atoms with Crippen molar-refractivity contribution in [2.75, 3.05) is 0 Å². The summed E-state index contributed by atoms with van der Waals surface area (Å²) in [4.78, 5) is 10.3. The lowest BCUT2D eigenvalue weighted by atomic mass is 9.99. The molecule has 0 fully saturated rings. The van der Waals surface area contributed by atoms with Gasteiger partial charge in [-0.15, -0.1) is 0 Å². The number of rotatable bonds is 4. The van der Waals surface area contributed by atoms with Gasteiger partial charge in [-0.25, -0.2) is 9.97 Å². The first-order chi connectivity index (χ1) is 28.3. The zero-order valence-corrected chi connectivity index (χ0v) is 30.4. The second-order valence-electron chi connectivity index (χ2n) is 14.4. The summed E-state index contributed by atoms with van der Waals surface area (Å²) >= 11 is 0. The Morgan fingerprint density at radius 2 is 1.05 bits per heavy atom. The van der Waals surface area contributed by atoms with Gasteiger partial charge in [0.1, 0.15) is 5.58 Å². The Labute approximate surface area is 325 Å². The molecule has 0 aliphatic heterocycles. The Morgan fingerprint density at radius 3 is 1.77 bits per heavy atom. The molecule has 264 valence electrons. The lowest BCUT2D eigenvalue weighted by Crippen LogP contribution is -2.00. The van der Waals surface area contributed by atoms with E-state index in [2.05, 4.69) is 112 Å². The van der Waals surface area contributed by atoms with Crippen molar-refractivity contribution in [1.29, 1.82) is 5.26 Å². The van der Waals surface area contributed by atoms with Crippen LogP contribution in [0.2, 0.25) is 0 Å². The normalized spacial score (nSPS) is 11.8. The average Bonchev–Trinajstić information content (AvgIpc) is 3.94. The Balaban J connectivity index is 1.24. The molecule has 0 saturated carbocycles. The summed E-state index contributed by atoms with van der Waals surface area (Å²) < 4.78 is 11.6. The van der Waals surface area contributed by atoms with Crippen LogP contribution in [0.25, 0.3) is 110 Å². The van der Waals surface area contributed by atoms with Crippen molar-refractivity contribution in [3.8, 4) is 40.0 Å². The Kier molecular flexibility index (Phi) is 6.60. The molecule has 0 atom stereocenters. The smallest absolute Gasteiger partial charge is 0.160 e. The molecular weight excluding hydrogens is 699 g/mol. The third kappa shape index (κ3) is 4.45. The maximum atomic E-state index is 11.0. The van der Waals surface area contributed by atoms with E-state index in [1.54, 1.807) is 0 Å². The summed E-state index contributed by atoms with van der Waals surface area (Å²) in [6.07, 6.45) is 0. The maximum Gasteiger partial charge on any atom is 0.160 e. The van der Waals surface area contributed by atoms with Crippen molar-refractivity contribution in [1.82, 2.24) is 19.1 Å². The van der Waals surface area contributed by atoms with E-state index < -0.39 is 0 Å². The second-order valence-corrected chi connectivity index (χ2v) is 14.4. The predicted octanol–water partition coefficient (Wildman–Crippen LogP) is 12.9. The second kappa shape index (κ2) is 12.0. The summed E-state index contributed by atoms with van der Waals surface area (Å²) in [6.45, 7) is 0. The van der Waals surface area contributed by atoms with Crippen molar-refractivity contribution in [2.24, 2.45) is 0 Å². The summed E-state index contributed by atoms with van der Waals surface area (Å²) in [5.41, 5.74) is 13.0. The van der Waals surface area contributed by atoms with Crippen molar-refractivity contribution in [3.63, 3.8) is 0 Å². The fourth-order valence-electron chi connectivity index (χ4n) is 8.95. The van der Waals surface area contributed by atoms with Gasteiger partial charge >= 0.3 is 0 Å². The molecule has 0 radical (unpaired) electrons. The lowest BCUT2D eigenvalue weighted by Gasteiger charge is -2.14. The van der Waals surface area contributed by atoms with E-state index in [1.165, 1.54) is 0 Å². The van der Waals surface area contributed by atoms with Gasteiger partial charge < -0.3 is 13.6 Å². The summed E-state index contributed by atoms with van der Waals surface area (Å²) in [5, 5.41) is 17.5. The highest BCUT2D eigenvalue weighted by atomic mass is 16.3. The fraction of sp³-hybridized carbons (Fsp3) is 0. The molecule has 12 rings (SSSR count). The number of hydrogen-bond acceptors (Lipinski definition) is 4. The van der Waals surface area contributed by atoms with Gasteiger partial charge in [0.2, 0.25) is 0 Å². The molecule has 0 spiro atoms. The number of aromatic nitrogens is 4. The van der Waals surface area contributed by atoms with E-state index in [-0.39, 0.29) is 0 Å². The minimum absolute atomic E-state index is 0.512. The summed E-state index contributed by atoms with van der Waals surface area (Å²) in [5.74, 6) is 0. The molecule has 12 aromatic rings. The van der Waals surface area contributed by atoms with Crippen LogP contribution < -0.4 is 0 Å². The topological polar surface area (TPSA) is 72.6 Å². The maximum absolute atomic E-state index is 11.0. The highest BCUT2D eigenvalue weighted by molar-refractivity contribution is 6.39. The molecule has 0 aliphatic carbocycles. The third-order valence-corrected chi connectivity index (χ3v) is 11.3.